The zero-order valence-corrected chi connectivity index (χ0v) is 13.8. The standard InChI is InChI=1S/C12H14INO5S/c1-18-6-7-19-5-4-14-12(15)10-8-9(13)2-3-11(10)20(14,16)17/h2-3,8H,4-7H2,1H3. The number of hydrogen-bond donors (Lipinski definition) is 0. The van der Waals surface area contributed by atoms with Crippen molar-refractivity contribution in [2.45, 2.75) is 4.90 Å². The van der Waals surface area contributed by atoms with Crippen molar-refractivity contribution in [1.29, 1.82) is 0 Å². The van der Waals surface area contributed by atoms with E-state index in [9.17, 15) is 13.2 Å². The Labute approximate surface area is 131 Å². The highest BCUT2D eigenvalue weighted by Gasteiger charge is 2.40. The number of amides is 1. The van der Waals surface area contributed by atoms with Crippen LogP contribution in [0.15, 0.2) is 23.1 Å². The summed E-state index contributed by atoms with van der Waals surface area (Å²) in [4.78, 5) is 12.2. The minimum Gasteiger partial charge on any atom is -0.382 e. The Hall–Kier alpha value is -0.710. The van der Waals surface area contributed by atoms with Crippen molar-refractivity contribution < 1.29 is 22.7 Å². The third-order valence-electron chi connectivity index (χ3n) is 2.84. The monoisotopic (exact) mass is 411 g/mol. The molecule has 1 aromatic rings. The molecule has 0 saturated heterocycles. The minimum atomic E-state index is -3.74. The summed E-state index contributed by atoms with van der Waals surface area (Å²) >= 11 is 2.04. The molecular formula is C12H14INO5S. The average molecular weight is 411 g/mol. The molecule has 0 bridgehead atoms. The van der Waals surface area contributed by atoms with Gasteiger partial charge in [0.25, 0.3) is 15.9 Å². The fourth-order valence-corrected chi connectivity index (χ4v) is 3.89. The van der Waals surface area contributed by atoms with Gasteiger partial charge in [-0.1, -0.05) is 0 Å². The van der Waals surface area contributed by atoms with Crippen LogP contribution in [0.4, 0.5) is 0 Å². The summed E-state index contributed by atoms with van der Waals surface area (Å²) in [5, 5.41) is 0. The summed E-state index contributed by atoms with van der Waals surface area (Å²) in [5.41, 5.74) is 0.230. The predicted molar refractivity (Wildman–Crippen MR) is 80.1 cm³/mol. The van der Waals surface area contributed by atoms with E-state index in [1.165, 1.54) is 6.07 Å². The molecule has 0 fully saturated rings. The second-order valence-electron chi connectivity index (χ2n) is 4.13. The molecule has 1 aliphatic heterocycles. The van der Waals surface area contributed by atoms with Crippen LogP contribution in [0, 0.1) is 3.57 Å². The summed E-state index contributed by atoms with van der Waals surface area (Å²) in [5.74, 6) is -0.492. The molecule has 0 radical (unpaired) electrons. The summed E-state index contributed by atoms with van der Waals surface area (Å²) in [6, 6.07) is 4.72. The molecule has 0 aliphatic carbocycles. The fourth-order valence-electron chi connectivity index (χ4n) is 1.87. The van der Waals surface area contributed by atoms with Crippen molar-refractivity contribution in [1.82, 2.24) is 4.31 Å². The molecule has 0 spiro atoms. The van der Waals surface area contributed by atoms with E-state index in [1.54, 1.807) is 19.2 Å². The van der Waals surface area contributed by atoms with Crippen molar-refractivity contribution in [3.8, 4) is 0 Å². The Balaban J connectivity index is 2.11. The molecule has 20 heavy (non-hydrogen) atoms. The Morgan fingerprint density at radius 1 is 1.25 bits per heavy atom. The maximum Gasteiger partial charge on any atom is 0.269 e. The molecule has 8 heteroatoms. The number of carbonyl (C=O) groups excluding carboxylic acids is 1. The highest BCUT2D eigenvalue weighted by molar-refractivity contribution is 14.1. The summed E-state index contributed by atoms with van der Waals surface area (Å²) < 4.78 is 36.2. The third-order valence-corrected chi connectivity index (χ3v) is 5.35. The quantitative estimate of drug-likeness (QED) is 0.518. The molecule has 1 aliphatic rings. The first kappa shape index (κ1) is 15.7. The number of benzene rings is 1. The van der Waals surface area contributed by atoms with E-state index in [4.69, 9.17) is 9.47 Å². The van der Waals surface area contributed by atoms with Gasteiger partial charge in [0.1, 0.15) is 4.90 Å². The van der Waals surface area contributed by atoms with Crippen molar-refractivity contribution in [3.05, 3.63) is 27.3 Å². The number of ether oxygens (including phenoxy) is 2. The van der Waals surface area contributed by atoms with Crippen LogP contribution in [0.2, 0.25) is 0 Å². The molecule has 0 unspecified atom stereocenters. The van der Waals surface area contributed by atoms with Crippen LogP contribution in [0.1, 0.15) is 10.4 Å². The molecule has 0 atom stereocenters. The molecule has 2 rings (SSSR count). The van der Waals surface area contributed by atoms with Crippen LogP contribution < -0.4 is 0 Å². The average Bonchev–Trinajstić information content (AvgIpc) is 2.58. The van der Waals surface area contributed by atoms with E-state index in [1.807, 2.05) is 22.6 Å². The Morgan fingerprint density at radius 2 is 2.00 bits per heavy atom. The molecular weight excluding hydrogens is 397 g/mol. The first-order chi connectivity index (χ1) is 9.48. The summed E-state index contributed by atoms with van der Waals surface area (Å²) in [7, 11) is -2.18. The van der Waals surface area contributed by atoms with Crippen molar-refractivity contribution in [3.63, 3.8) is 0 Å². The molecule has 6 nitrogen and oxygen atoms in total. The zero-order valence-electron chi connectivity index (χ0n) is 10.8. The van der Waals surface area contributed by atoms with Gasteiger partial charge in [-0.05, 0) is 40.8 Å². The lowest BCUT2D eigenvalue weighted by Gasteiger charge is -2.14. The van der Waals surface area contributed by atoms with Crippen LogP contribution in [0.5, 0.6) is 0 Å². The van der Waals surface area contributed by atoms with E-state index >= 15 is 0 Å². The largest absolute Gasteiger partial charge is 0.382 e. The maximum atomic E-state index is 12.2. The van der Waals surface area contributed by atoms with Gasteiger partial charge in [0.05, 0.1) is 31.9 Å². The number of sulfonamides is 1. The SMILES string of the molecule is COCCOCCN1C(=O)c2cc(I)ccc2S1(=O)=O. The third kappa shape index (κ3) is 2.97. The van der Waals surface area contributed by atoms with Crippen LogP contribution in [-0.2, 0) is 19.5 Å². The summed E-state index contributed by atoms with van der Waals surface area (Å²) in [6.07, 6.45) is 0. The van der Waals surface area contributed by atoms with Crippen molar-refractivity contribution in [2.75, 3.05) is 33.5 Å². The van der Waals surface area contributed by atoms with Crippen molar-refractivity contribution >= 4 is 38.5 Å². The lowest BCUT2D eigenvalue weighted by Crippen LogP contribution is -2.33. The first-order valence-electron chi connectivity index (χ1n) is 5.92. The Morgan fingerprint density at radius 3 is 2.70 bits per heavy atom. The highest BCUT2D eigenvalue weighted by Crippen LogP contribution is 2.30. The number of halogens is 1. The van der Waals surface area contributed by atoms with Gasteiger partial charge in [0.2, 0.25) is 0 Å². The lowest BCUT2D eigenvalue weighted by atomic mass is 10.2. The number of rotatable bonds is 6. The maximum absolute atomic E-state index is 12.2. The summed E-state index contributed by atoms with van der Waals surface area (Å²) in [6.45, 7) is 0.956. The normalized spacial score (nSPS) is 16.5. The number of carbonyl (C=O) groups is 1. The van der Waals surface area contributed by atoms with Gasteiger partial charge < -0.3 is 9.47 Å². The van der Waals surface area contributed by atoms with Gasteiger partial charge in [0, 0.05) is 10.7 Å². The van der Waals surface area contributed by atoms with E-state index in [0.29, 0.717) is 13.2 Å². The van der Waals surface area contributed by atoms with E-state index in [-0.39, 0.29) is 23.6 Å². The van der Waals surface area contributed by atoms with Crippen molar-refractivity contribution in [2.24, 2.45) is 0 Å². The number of hydrogen-bond acceptors (Lipinski definition) is 5. The second-order valence-corrected chi connectivity index (χ2v) is 7.20. The number of fused-ring (bicyclic) bond motifs is 1. The first-order valence-corrected chi connectivity index (χ1v) is 8.43. The van der Waals surface area contributed by atoms with Gasteiger partial charge in [0.15, 0.2) is 0 Å². The molecule has 1 heterocycles. The number of methoxy groups -OCH3 is 1. The van der Waals surface area contributed by atoms with Crippen LogP contribution in [0.25, 0.3) is 0 Å². The highest BCUT2D eigenvalue weighted by atomic mass is 127. The fraction of sp³-hybridized carbons (Fsp3) is 0.417. The molecule has 0 N–H and O–H groups in total. The van der Waals surface area contributed by atoms with Gasteiger partial charge in [-0.15, -0.1) is 0 Å². The van der Waals surface area contributed by atoms with Gasteiger partial charge >= 0.3 is 0 Å². The molecule has 1 aromatic carbocycles. The molecule has 1 amide bonds. The van der Waals surface area contributed by atoms with E-state index in [0.717, 1.165) is 7.88 Å². The smallest absolute Gasteiger partial charge is 0.269 e. The van der Waals surface area contributed by atoms with Gasteiger partial charge in [-0.25, -0.2) is 12.7 Å². The Bertz CT molecular complexity index is 616. The number of nitrogens with zero attached hydrogens (tertiary/aromatic N) is 1. The van der Waals surface area contributed by atoms with Crippen LogP contribution in [0.3, 0.4) is 0 Å². The van der Waals surface area contributed by atoms with Gasteiger partial charge in [-0.3, -0.25) is 4.79 Å². The molecule has 0 aromatic heterocycles. The second kappa shape index (κ2) is 6.37. The van der Waals surface area contributed by atoms with Crippen LogP contribution >= 0.6 is 22.6 Å². The van der Waals surface area contributed by atoms with Gasteiger partial charge in [-0.2, -0.15) is 0 Å². The topological polar surface area (TPSA) is 72.9 Å². The molecule has 110 valence electrons. The molecule has 0 saturated carbocycles. The lowest BCUT2D eigenvalue weighted by molar-refractivity contribution is 0.0607. The minimum absolute atomic E-state index is 0.0101. The Kier molecular flexibility index (Phi) is 4.99. The van der Waals surface area contributed by atoms with E-state index < -0.39 is 15.9 Å². The zero-order chi connectivity index (χ0) is 14.8. The predicted octanol–water partition coefficient (Wildman–Crippen LogP) is 1.10. The van der Waals surface area contributed by atoms with E-state index in [2.05, 4.69) is 0 Å². The van der Waals surface area contributed by atoms with Crippen LogP contribution in [-0.4, -0.2) is 52.1 Å².